The summed E-state index contributed by atoms with van der Waals surface area (Å²) < 4.78 is 48.5. The number of carbonyl (C=O) groups excluding carboxylic acids is 2. The highest BCUT2D eigenvalue weighted by Crippen LogP contribution is 2.27. The van der Waals surface area contributed by atoms with E-state index in [0.717, 1.165) is 34.1 Å². The van der Waals surface area contributed by atoms with Crippen LogP contribution < -0.4 is 14.4 Å². The van der Waals surface area contributed by atoms with Gasteiger partial charge in [0, 0.05) is 23.5 Å². The number of carbonyl (C=O) groups is 2. The number of sulfonamides is 1. The van der Waals surface area contributed by atoms with Crippen molar-refractivity contribution in [3.05, 3.63) is 125 Å². The quantitative estimate of drug-likeness (QED) is 0.171. The molecule has 0 aliphatic heterocycles. The van der Waals surface area contributed by atoms with Crippen molar-refractivity contribution in [3.63, 3.8) is 0 Å². The van der Waals surface area contributed by atoms with Crippen LogP contribution in [-0.2, 0) is 32.6 Å². The highest BCUT2D eigenvalue weighted by atomic mass is 35.5. The number of hydrogen-bond donors (Lipinski definition) is 1. The van der Waals surface area contributed by atoms with Gasteiger partial charge >= 0.3 is 0 Å². The summed E-state index contributed by atoms with van der Waals surface area (Å²) >= 11 is 6.14. The van der Waals surface area contributed by atoms with Crippen LogP contribution in [0.2, 0.25) is 5.02 Å². The second-order valence-corrected chi connectivity index (χ2v) is 14.3. The predicted octanol–water partition coefficient (Wildman–Crippen LogP) is 6.63. The average molecular weight is 680 g/mol. The van der Waals surface area contributed by atoms with Crippen LogP contribution in [0, 0.1) is 5.82 Å². The van der Waals surface area contributed by atoms with Gasteiger partial charge in [0.2, 0.25) is 11.8 Å². The number of hydrogen-bond acceptors (Lipinski definition) is 5. The van der Waals surface area contributed by atoms with Crippen LogP contribution in [0.25, 0.3) is 0 Å². The monoisotopic (exact) mass is 679 g/mol. The van der Waals surface area contributed by atoms with Crippen molar-refractivity contribution in [3.8, 4) is 5.75 Å². The molecule has 2 amide bonds. The van der Waals surface area contributed by atoms with Crippen molar-refractivity contribution >= 4 is 39.1 Å². The molecule has 0 bridgehead atoms. The maximum Gasteiger partial charge on any atom is 0.264 e. The second-order valence-electron chi connectivity index (χ2n) is 12.0. The summed E-state index contributed by atoms with van der Waals surface area (Å²) in [5.74, 6) is -1.09. The van der Waals surface area contributed by atoms with Crippen molar-refractivity contribution in [1.29, 1.82) is 0 Å². The van der Waals surface area contributed by atoms with E-state index in [-0.39, 0.29) is 23.5 Å². The minimum Gasteiger partial charge on any atom is -0.494 e. The fraction of sp³-hybridized carbons (Fsp3) is 0.278. The number of halogens is 2. The zero-order valence-electron chi connectivity index (χ0n) is 26.8. The molecule has 0 aliphatic rings. The molecule has 0 radical (unpaired) electrons. The van der Waals surface area contributed by atoms with Crippen LogP contribution in [0.4, 0.5) is 10.1 Å². The molecule has 0 fully saturated rings. The van der Waals surface area contributed by atoms with Gasteiger partial charge in [-0.05, 0) is 99.5 Å². The zero-order valence-corrected chi connectivity index (χ0v) is 28.4. The molecule has 248 valence electrons. The number of rotatable bonds is 13. The van der Waals surface area contributed by atoms with Crippen molar-refractivity contribution in [2.24, 2.45) is 0 Å². The molecule has 8 nitrogen and oxygen atoms in total. The molecule has 0 saturated heterocycles. The third kappa shape index (κ3) is 9.79. The van der Waals surface area contributed by atoms with E-state index in [1.165, 1.54) is 17.0 Å². The SMILES string of the molecule is CCOc1ccc(N(CC(=O)N(Cc2ccc(Cl)cc2)[C@@H](Cc2ccccc2)C(=O)NC(C)(C)C)S(=O)(=O)c2ccc(F)cc2)cc1. The van der Waals surface area contributed by atoms with Crippen LogP contribution in [-0.4, -0.2) is 49.9 Å². The average Bonchev–Trinajstić information content (AvgIpc) is 3.03. The summed E-state index contributed by atoms with van der Waals surface area (Å²) in [6, 6.07) is 25.9. The molecule has 47 heavy (non-hydrogen) atoms. The van der Waals surface area contributed by atoms with Crippen LogP contribution in [0.3, 0.4) is 0 Å². The van der Waals surface area contributed by atoms with Gasteiger partial charge in [-0.2, -0.15) is 0 Å². The standard InChI is InChI=1S/C36H39ClFN3O5S/c1-5-46-31-19-17-30(18-20-31)41(47(44,45)32-21-15-29(38)16-22-32)25-34(42)40(24-27-11-13-28(37)14-12-27)33(35(43)39-36(2,3)4)23-26-9-7-6-8-10-26/h6-22,33H,5,23-25H2,1-4H3,(H,39,43)/t33-/m0/s1. The van der Waals surface area contributed by atoms with Crippen molar-refractivity contribution < 1.29 is 27.1 Å². The third-order valence-electron chi connectivity index (χ3n) is 7.15. The predicted molar refractivity (Wildman–Crippen MR) is 182 cm³/mol. The molecular weight excluding hydrogens is 641 g/mol. The van der Waals surface area contributed by atoms with Crippen molar-refractivity contribution in [2.45, 2.75) is 57.1 Å². The lowest BCUT2D eigenvalue weighted by Crippen LogP contribution is -2.56. The Morgan fingerprint density at radius 3 is 2.06 bits per heavy atom. The fourth-order valence-corrected chi connectivity index (χ4v) is 6.47. The van der Waals surface area contributed by atoms with E-state index in [1.54, 1.807) is 36.4 Å². The number of nitrogens with zero attached hydrogens (tertiary/aromatic N) is 2. The first-order valence-electron chi connectivity index (χ1n) is 15.2. The summed E-state index contributed by atoms with van der Waals surface area (Å²) in [6.07, 6.45) is 0.176. The normalized spacial score (nSPS) is 12.2. The van der Waals surface area contributed by atoms with Gasteiger partial charge in [-0.15, -0.1) is 0 Å². The second kappa shape index (κ2) is 15.5. The Hall–Kier alpha value is -4.41. The molecule has 0 unspecified atom stereocenters. The van der Waals surface area contributed by atoms with E-state index in [2.05, 4.69) is 5.32 Å². The lowest BCUT2D eigenvalue weighted by molar-refractivity contribution is -0.140. The van der Waals surface area contributed by atoms with Crippen LogP contribution >= 0.6 is 11.6 Å². The number of benzene rings is 4. The summed E-state index contributed by atoms with van der Waals surface area (Å²) in [5.41, 5.74) is 1.09. The number of amides is 2. The molecule has 4 aromatic carbocycles. The first kappa shape index (κ1) is 35.4. The minimum absolute atomic E-state index is 0.00121. The molecule has 1 atom stereocenters. The summed E-state index contributed by atoms with van der Waals surface area (Å²) in [7, 11) is -4.38. The molecule has 0 aliphatic carbocycles. The van der Waals surface area contributed by atoms with E-state index in [4.69, 9.17) is 16.3 Å². The molecule has 0 spiro atoms. The van der Waals surface area contributed by atoms with Gasteiger partial charge in [0.15, 0.2) is 0 Å². The Labute approximate surface area is 281 Å². The van der Waals surface area contributed by atoms with Gasteiger partial charge in [0.05, 0.1) is 17.2 Å². The summed E-state index contributed by atoms with van der Waals surface area (Å²) in [5, 5.41) is 3.50. The summed E-state index contributed by atoms with van der Waals surface area (Å²) in [6.45, 7) is 7.13. The van der Waals surface area contributed by atoms with Gasteiger partial charge in [0.1, 0.15) is 24.2 Å². The smallest absolute Gasteiger partial charge is 0.264 e. The first-order valence-corrected chi connectivity index (χ1v) is 17.0. The first-order chi connectivity index (χ1) is 22.3. The van der Waals surface area contributed by atoms with Gasteiger partial charge in [-0.1, -0.05) is 54.1 Å². The van der Waals surface area contributed by atoms with Crippen LogP contribution in [0.1, 0.15) is 38.8 Å². The topological polar surface area (TPSA) is 96.0 Å². The van der Waals surface area contributed by atoms with Gasteiger partial charge < -0.3 is 15.0 Å². The highest BCUT2D eigenvalue weighted by Gasteiger charge is 2.35. The van der Waals surface area contributed by atoms with Crippen LogP contribution in [0.15, 0.2) is 108 Å². The Kier molecular flexibility index (Phi) is 11.7. The minimum atomic E-state index is -4.38. The Balaban J connectivity index is 1.81. The van der Waals surface area contributed by atoms with Crippen molar-refractivity contribution in [1.82, 2.24) is 10.2 Å². The van der Waals surface area contributed by atoms with E-state index < -0.39 is 45.8 Å². The van der Waals surface area contributed by atoms with Gasteiger partial charge in [-0.25, -0.2) is 12.8 Å². The Morgan fingerprint density at radius 1 is 0.872 bits per heavy atom. The lowest BCUT2D eigenvalue weighted by atomic mass is 10.0. The maximum absolute atomic E-state index is 14.5. The Bertz CT molecular complexity index is 1750. The van der Waals surface area contributed by atoms with Crippen LogP contribution in [0.5, 0.6) is 5.75 Å². The fourth-order valence-electron chi connectivity index (χ4n) is 4.93. The number of ether oxygens (including phenoxy) is 1. The lowest BCUT2D eigenvalue weighted by Gasteiger charge is -2.35. The molecule has 1 N–H and O–H groups in total. The largest absolute Gasteiger partial charge is 0.494 e. The van der Waals surface area contributed by atoms with E-state index in [9.17, 15) is 22.4 Å². The highest BCUT2D eigenvalue weighted by molar-refractivity contribution is 7.92. The maximum atomic E-state index is 14.5. The molecule has 0 heterocycles. The van der Waals surface area contributed by atoms with E-state index in [0.29, 0.717) is 22.9 Å². The van der Waals surface area contributed by atoms with Crippen molar-refractivity contribution in [2.75, 3.05) is 17.5 Å². The number of nitrogens with one attached hydrogen (secondary N) is 1. The molecule has 11 heteroatoms. The van der Waals surface area contributed by atoms with E-state index in [1.807, 2.05) is 58.0 Å². The summed E-state index contributed by atoms with van der Waals surface area (Å²) in [4.78, 5) is 29.7. The molecular formula is C36H39ClFN3O5S. The van der Waals surface area contributed by atoms with Gasteiger partial charge in [0.25, 0.3) is 10.0 Å². The third-order valence-corrected chi connectivity index (χ3v) is 9.19. The van der Waals surface area contributed by atoms with Gasteiger partial charge in [-0.3, -0.25) is 13.9 Å². The molecule has 4 rings (SSSR count). The molecule has 0 saturated carbocycles. The number of anilines is 1. The Morgan fingerprint density at radius 2 is 1.49 bits per heavy atom. The zero-order chi connectivity index (χ0) is 34.2. The molecule has 4 aromatic rings. The molecule has 0 aromatic heterocycles. The van der Waals surface area contributed by atoms with E-state index >= 15 is 0 Å².